The number of aromatic hydroxyl groups is 1. The number of phenols is 1. The van der Waals surface area contributed by atoms with Crippen molar-refractivity contribution in [3.63, 3.8) is 0 Å². The molecule has 1 nitrogen and oxygen atoms in total. The van der Waals surface area contributed by atoms with Crippen molar-refractivity contribution in [2.45, 2.75) is 25.5 Å². The predicted octanol–water partition coefficient (Wildman–Crippen LogP) is 4.08. The summed E-state index contributed by atoms with van der Waals surface area (Å²) in [6, 6.07) is 5.19. The maximum absolute atomic E-state index is 9.52. The lowest BCUT2D eigenvalue weighted by molar-refractivity contribution is 0.470. The smallest absolute Gasteiger partial charge is 0.119 e. The van der Waals surface area contributed by atoms with Gasteiger partial charge in [0.2, 0.25) is 0 Å². The molecule has 0 spiro atoms. The molecule has 0 radical (unpaired) electrons. The van der Waals surface area contributed by atoms with E-state index in [4.69, 9.17) is 11.6 Å². The zero-order valence-corrected chi connectivity index (χ0v) is 9.87. The summed E-state index contributed by atoms with van der Waals surface area (Å²) in [5.74, 6) is 2.33. The van der Waals surface area contributed by atoms with E-state index in [0.29, 0.717) is 10.8 Å². The van der Waals surface area contributed by atoms with E-state index in [1.165, 1.54) is 12.8 Å². The minimum absolute atomic E-state index is 0.346. The summed E-state index contributed by atoms with van der Waals surface area (Å²) in [5, 5.41) is 10.2. The molecule has 1 aromatic carbocycles. The van der Waals surface area contributed by atoms with Gasteiger partial charge in [0.25, 0.3) is 0 Å². The standard InChI is InChI=1S/C11H15ClOS/c1-2-3-6-14-8-9-7-10(12)4-5-11(9)13/h4-5,7,13H,2-3,6,8H2,1H3. The molecule has 1 rings (SSSR count). The van der Waals surface area contributed by atoms with Crippen LogP contribution in [0.4, 0.5) is 0 Å². The van der Waals surface area contributed by atoms with Gasteiger partial charge in [-0.1, -0.05) is 24.9 Å². The van der Waals surface area contributed by atoms with E-state index >= 15 is 0 Å². The van der Waals surface area contributed by atoms with Crippen molar-refractivity contribution in [2.24, 2.45) is 0 Å². The summed E-state index contributed by atoms with van der Waals surface area (Å²) in [6.45, 7) is 2.18. The molecule has 1 N–H and O–H groups in total. The van der Waals surface area contributed by atoms with E-state index in [2.05, 4.69) is 6.92 Å². The van der Waals surface area contributed by atoms with Gasteiger partial charge in [0.15, 0.2) is 0 Å². The average molecular weight is 231 g/mol. The van der Waals surface area contributed by atoms with Gasteiger partial charge in [-0.15, -0.1) is 0 Å². The Labute approximate surface area is 94.5 Å². The summed E-state index contributed by atoms with van der Waals surface area (Å²) in [7, 11) is 0. The van der Waals surface area contributed by atoms with Crippen molar-refractivity contribution in [3.05, 3.63) is 28.8 Å². The highest BCUT2D eigenvalue weighted by atomic mass is 35.5. The number of hydrogen-bond donors (Lipinski definition) is 1. The summed E-state index contributed by atoms with van der Waals surface area (Å²) in [5.41, 5.74) is 0.929. The average Bonchev–Trinajstić information content (AvgIpc) is 2.18. The van der Waals surface area contributed by atoms with Crippen LogP contribution in [-0.4, -0.2) is 10.9 Å². The van der Waals surface area contributed by atoms with Crippen molar-refractivity contribution >= 4 is 23.4 Å². The summed E-state index contributed by atoms with van der Waals surface area (Å²) >= 11 is 7.67. The maximum atomic E-state index is 9.52. The van der Waals surface area contributed by atoms with E-state index in [9.17, 15) is 5.11 Å². The third kappa shape index (κ3) is 3.81. The van der Waals surface area contributed by atoms with Gasteiger partial charge in [-0.3, -0.25) is 0 Å². The lowest BCUT2D eigenvalue weighted by atomic mass is 10.2. The molecule has 78 valence electrons. The molecule has 0 unspecified atom stereocenters. The van der Waals surface area contributed by atoms with E-state index in [-0.39, 0.29) is 0 Å². The Balaban J connectivity index is 2.45. The first-order chi connectivity index (χ1) is 6.74. The van der Waals surface area contributed by atoms with Crippen molar-refractivity contribution < 1.29 is 5.11 Å². The van der Waals surface area contributed by atoms with Crippen LogP contribution in [0.1, 0.15) is 25.3 Å². The highest BCUT2D eigenvalue weighted by molar-refractivity contribution is 7.98. The third-order valence-corrected chi connectivity index (χ3v) is 3.27. The molecule has 0 aliphatic rings. The zero-order chi connectivity index (χ0) is 10.4. The lowest BCUT2D eigenvalue weighted by Gasteiger charge is -2.04. The normalized spacial score (nSPS) is 10.4. The fraction of sp³-hybridized carbons (Fsp3) is 0.455. The minimum atomic E-state index is 0.346. The molecule has 3 heteroatoms. The summed E-state index contributed by atoms with van der Waals surface area (Å²) in [6.07, 6.45) is 2.44. The number of benzene rings is 1. The summed E-state index contributed by atoms with van der Waals surface area (Å²) in [4.78, 5) is 0. The molecule has 0 amide bonds. The second-order valence-electron chi connectivity index (χ2n) is 3.18. The SMILES string of the molecule is CCCCSCc1cc(Cl)ccc1O. The van der Waals surface area contributed by atoms with E-state index in [0.717, 1.165) is 17.1 Å². The van der Waals surface area contributed by atoms with Crippen LogP contribution in [0.5, 0.6) is 5.75 Å². The second kappa shape index (κ2) is 6.20. The van der Waals surface area contributed by atoms with Gasteiger partial charge in [-0.2, -0.15) is 11.8 Å². The van der Waals surface area contributed by atoms with Gasteiger partial charge in [0, 0.05) is 16.3 Å². The molecule has 1 aromatic rings. The van der Waals surface area contributed by atoms with Crippen LogP contribution >= 0.6 is 23.4 Å². The lowest BCUT2D eigenvalue weighted by Crippen LogP contribution is -1.84. The number of hydrogen-bond acceptors (Lipinski definition) is 2. The summed E-state index contributed by atoms with van der Waals surface area (Å²) < 4.78 is 0. The molecule has 14 heavy (non-hydrogen) atoms. The number of unbranched alkanes of at least 4 members (excludes halogenated alkanes) is 1. The first kappa shape index (κ1) is 11.7. The quantitative estimate of drug-likeness (QED) is 0.770. The number of phenolic OH excluding ortho intramolecular Hbond substituents is 1. The zero-order valence-electron chi connectivity index (χ0n) is 8.29. The first-order valence-electron chi connectivity index (χ1n) is 4.79. The predicted molar refractivity (Wildman–Crippen MR) is 64.2 cm³/mol. The molecule has 0 saturated carbocycles. The monoisotopic (exact) mass is 230 g/mol. The molecular formula is C11H15ClOS. The van der Waals surface area contributed by atoms with Crippen molar-refractivity contribution in [2.75, 3.05) is 5.75 Å². The fourth-order valence-corrected chi connectivity index (χ4v) is 2.38. The van der Waals surface area contributed by atoms with Gasteiger partial charge in [0.1, 0.15) is 5.75 Å². The van der Waals surface area contributed by atoms with Crippen LogP contribution in [0.2, 0.25) is 5.02 Å². The van der Waals surface area contributed by atoms with Crippen LogP contribution in [-0.2, 0) is 5.75 Å². The molecule has 0 fully saturated rings. The Kier molecular flexibility index (Phi) is 5.20. The third-order valence-electron chi connectivity index (χ3n) is 1.94. The Morgan fingerprint density at radius 1 is 1.43 bits per heavy atom. The van der Waals surface area contributed by atoms with Crippen LogP contribution < -0.4 is 0 Å². The maximum Gasteiger partial charge on any atom is 0.119 e. The Hall–Kier alpha value is -0.340. The Morgan fingerprint density at radius 3 is 2.93 bits per heavy atom. The van der Waals surface area contributed by atoms with E-state index in [1.807, 2.05) is 17.8 Å². The molecule has 0 saturated heterocycles. The van der Waals surface area contributed by atoms with Crippen molar-refractivity contribution in [3.8, 4) is 5.75 Å². The highest BCUT2D eigenvalue weighted by Gasteiger charge is 2.01. The topological polar surface area (TPSA) is 20.2 Å². The molecule has 0 aliphatic heterocycles. The van der Waals surface area contributed by atoms with Gasteiger partial charge in [-0.05, 0) is 30.4 Å². The molecule has 0 atom stereocenters. The second-order valence-corrected chi connectivity index (χ2v) is 4.72. The van der Waals surface area contributed by atoms with Crippen LogP contribution in [0.3, 0.4) is 0 Å². The van der Waals surface area contributed by atoms with Crippen LogP contribution in [0.25, 0.3) is 0 Å². The largest absolute Gasteiger partial charge is 0.508 e. The van der Waals surface area contributed by atoms with Gasteiger partial charge >= 0.3 is 0 Å². The van der Waals surface area contributed by atoms with Gasteiger partial charge < -0.3 is 5.11 Å². The van der Waals surface area contributed by atoms with Crippen molar-refractivity contribution in [1.82, 2.24) is 0 Å². The Bertz CT molecular complexity index is 289. The Morgan fingerprint density at radius 2 is 2.21 bits per heavy atom. The van der Waals surface area contributed by atoms with Gasteiger partial charge in [-0.25, -0.2) is 0 Å². The van der Waals surface area contributed by atoms with Gasteiger partial charge in [0.05, 0.1) is 0 Å². The van der Waals surface area contributed by atoms with Crippen LogP contribution in [0, 0.1) is 0 Å². The van der Waals surface area contributed by atoms with E-state index in [1.54, 1.807) is 12.1 Å². The molecule has 0 heterocycles. The number of thioether (sulfide) groups is 1. The highest BCUT2D eigenvalue weighted by Crippen LogP contribution is 2.25. The number of halogens is 1. The van der Waals surface area contributed by atoms with Crippen LogP contribution in [0.15, 0.2) is 18.2 Å². The molecular weight excluding hydrogens is 216 g/mol. The fourth-order valence-electron chi connectivity index (χ4n) is 1.10. The molecule has 0 aromatic heterocycles. The minimum Gasteiger partial charge on any atom is -0.508 e. The van der Waals surface area contributed by atoms with E-state index < -0.39 is 0 Å². The first-order valence-corrected chi connectivity index (χ1v) is 6.32. The molecule has 0 bridgehead atoms. The number of rotatable bonds is 5. The van der Waals surface area contributed by atoms with Crippen molar-refractivity contribution in [1.29, 1.82) is 0 Å². The molecule has 0 aliphatic carbocycles.